The number of carboxylic acids is 1. The van der Waals surface area contributed by atoms with Crippen LogP contribution in [0, 0.1) is 11.8 Å². The molecule has 0 radical (unpaired) electrons. The summed E-state index contributed by atoms with van der Waals surface area (Å²) in [5.74, 6) is 0.368. The molecule has 0 unspecified atom stereocenters. The van der Waals surface area contributed by atoms with Gasteiger partial charge in [-0.15, -0.1) is 0 Å². The Morgan fingerprint density at radius 3 is 2.04 bits per heavy atom. The van der Waals surface area contributed by atoms with E-state index < -0.39 is 5.97 Å². The quantitative estimate of drug-likeness (QED) is 0.754. The first-order chi connectivity index (χ1) is 11.1. The third-order valence-corrected chi connectivity index (χ3v) is 5.27. The molecule has 2 saturated carbocycles. The van der Waals surface area contributed by atoms with Gasteiger partial charge < -0.3 is 15.7 Å². The molecule has 23 heavy (non-hydrogen) atoms. The molecule has 3 N–H and O–H groups in total. The summed E-state index contributed by atoms with van der Waals surface area (Å²) in [6.45, 7) is 0.411. The van der Waals surface area contributed by atoms with Crippen LogP contribution in [0.5, 0.6) is 0 Å². The fourth-order valence-corrected chi connectivity index (χ4v) is 3.37. The molecule has 2 aliphatic rings. The van der Waals surface area contributed by atoms with Gasteiger partial charge in [0.25, 0.3) is 0 Å². The van der Waals surface area contributed by atoms with Gasteiger partial charge in [-0.05, 0) is 55.2 Å². The van der Waals surface area contributed by atoms with Crippen molar-refractivity contribution in [2.45, 2.75) is 51.1 Å². The molecular formula is C18H24N2O3. The zero-order valence-electron chi connectivity index (χ0n) is 13.3. The number of aromatic carboxylic acids is 1. The van der Waals surface area contributed by atoms with E-state index >= 15 is 0 Å². The smallest absolute Gasteiger partial charge is 0.335 e. The Kier molecular flexibility index (Phi) is 4.84. The van der Waals surface area contributed by atoms with Crippen molar-refractivity contribution >= 4 is 12.0 Å². The number of hydrogen-bond donors (Lipinski definition) is 3. The summed E-state index contributed by atoms with van der Waals surface area (Å²) in [7, 11) is 0. The molecule has 1 aromatic carbocycles. The number of carbonyl (C=O) groups excluding carboxylic acids is 1. The molecule has 0 saturated heterocycles. The minimum Gasteiger partial charge on any atom is -0.478 e. The van der Waals surface area contributed by atoms with Crippen LogP contribution in [0.1, 0.15) is 54.4 Å². The van der Waals surface area contributed by atoms with Crippen LogP contribution < -0.4 is 10.6 Å². The second kappa shape index (κ2) is 7.02. The van der Waals surface area contributed by atoms with Crippen molar-refractivity contribution in [2.75, 3.05) is 0 Å². The fourth-order valence-electron chi connectivity index (χ4n) is 3.37. The van der Waals surface area contributed by atoms with Gasteiger partial charge in [0.15, 0.2) is 0 Å². The number of hydrogen-bond acceptors (Lipinski definition) is 2. The van der Waals surface area contributed by atoms with Crippen molar-refractivity contribution in [1.29, 1.82) is 0 Å². The Morgan fingerprint density at radius 1 is 1.04 bits per heavy atom. The van der Waals surface area contributed by atoms with Gasteiger partial charge in [-0.2, -0.15) is 0 Å². The zero-order chi connectivity index (χ0) is 16.2. The Bertz CT molecular complexity index is 548. The van der Waals surface area contributed by atoms with E-state index in [0.717, 1.165) is 5.56 Å². The minimum absolute atomic E-state index is 0.115. The number of nitrogens with one attached hydrogen (secondary N) is 2. The summed E-state index contributed by atoms with van der Waals surface area (Å²) in [6, 6.07) is 6.80. The maximum Gasteiger partial charge on any atom is 0.335 e. The molecule has 0 bridgehead atoms. The fraction of sp³-hybridized carbons (Fsp3) is 0.556. The summed E-state index contributed by atoms with van der Waals surface area (Å²) >= 11 is 0. The molecule has 0 aliphatic heterocycles. The largest absolute Gasteiger partial charge is 0.478 e. The van der Waals surface area contributed by atoms with Crippen LogP contribution in [-0.4, -0.2) is 23.1 Å². The second-order valence-electron chi connectivity index (χ2n) is 6.74. The molecule has 2 amide bonds. The lowest BCUT2D eigenvalue weighted by atomic mass is 9.68. The Hall–Kier alpha value is -2.04. The van der Waals surface area contributed by atoms with E-state index in [1.807, 2.05) is 0 Å². The number of rotatable bonds is 6. The van der Waals surface area contributed by atoms with E-state index in [1.54, 1.807) is 24.3 Å². The van der Waals surface area contributed by atoms with E-state index in [4.69, 9.17) is 5.11 Å². The molecule has 2 fully saturated rings. The monoisotopic (exact) mass is 316 g/mol. The highest BCUT2D eigenvalue weighted by Gasteiger charge is 2.36. The Morgan fingerprint density at radius 2 is 1.61 bits per heavy atom. The standard InChI is InChI=1S/C18H24N2O3/c21-17(22)15-9-7-12(8-10-15)11-19-18(23)20-16(13-3-1-4-13)14-5-2-6-14/h7-10,13-14,16H,1-6,11H2,(H,21,22)(H2,19,20,23). The third-order valence-electron chi connectivity index (χ3n) is 5.27. The Balaban J connectivity index is 1.49. The van der Waals surface area contributed by atoms with E-state index in [1.165, 1.54) is 38.5 Å². The lowest BCUT2D eigenvalue weighted by Gasteiger charge is -2.42. The lowest BCUT2D eigenvalue weighted by Crippen LogP contribution is -2.52. The predicted octanol–water partition coefficient (Wildman–Crippen LogP) is 3.15. The van der Waals surface area contributed by atoms with Gasteiger partial charge >= 0.3 is 12.0 Å². The van der Waals surface area contributed by atoms with Gasteiger partial charge in [-0.3, -0.25) is 0 Å². The van der Waals surface area contributed by atoms with Crippen LogP contribution in [0.15, 0.2) is 24.3 Å². The second-order valence-corrected chi connectivity index (χ2v) is 6.74. The molecule has 0 spiro atoms. The average molecular weight is 316 g/mol. The van der Waals surface area contributed by atoms with Gasteiger partial charge in [0.1, 0.15) is 0 Å². The van der Waals surface area contributed by atoms with Crippen LogP contribution in [-0.2, 0) is 6.54 Å². The first-order valence-electron chi connectivity index (χ1n) is 8.50. The van der Waals surface area contributed by atoms with Crippen molar-refractivity contribution in [3.8, 4) is 0 Å². The van der Waals surface area contributed by atoms with E-state index in [-0.39, 0.29) is 11.6 Å². The normalized spacial score (nSPS) is 18.1. The summed E-state index contributed by atoms with van der Waals surface area (Å²) in [5, 5.41) is 14.9. The van der Waals surface area contributed by atoms with E-state index in [2.05, 4.69) is 10.6 Å². The molecular weight excluding hydrogens is 292 g/mol. The molecule has 124 valence electrons. The first-order valence-corrected chi connectivity index (χ1v) is 8.50. The van der Waals surface area contributed by atoms with E-state index in [0.29, 0.717) is 24.4 Å². The van der Waals surface area contributed by atoms with Gasteiger partial charge in [0.05, 0.1) is 5.56 Å². The van der Waals surface area contributed by atoms with Gasteiger partial charge in [-0.25, -0.2) is 9.59 Å². The van der Waals surface area contributed by atoms with Crippen molar-refractivity contribution in [3.63, 3.8) is 0 Å². The maximum absolute atomic E-state index is 12.2. The molecule has 5 heteroatoms. The van der Waals surface area contributed by atoms with Gasteiger partial charge in [-0.1, -0.05) is 25.0 Å². The number of urea groups is 1. The number of benzene rings is 1. The van der Waals surface area contributed by atoms with Crippen molar-refractivity contribution in [3.05, 3.63) is 35.4 Å². The molecule has 0 heterocycles. The van der Waals surface area contributed by atoms with Crippen LogP contribution >= 0.6 is 0 Å². The maximum atomic E-state index is 12.2. The highest BCUT2D eigenvalue weighted by atomic mass is 16.4. The zero-order valence-corrected chi connectivity index (χ0v) is 13.3. The molecule has 0 atom stereocenters. The van der Waals surface area contributed by atoms with Crippen molar-refractivity contribution < 1.29 is 14.7 Å². The van der Waals surface area contributed by atoms with E-state index in [9.17, 15) is 9.59 Å². The van der Waals surface area contributed by atoms with Crippen LogP contribution in [0.4, 0.5) is 4.79 Å². The SMILES string of the molecule is O=C(NCc1ccc(C(=O)O)cc1)NC(C1CCC1)C1CCC1. The van der Waals surface area contributed by atoms with Crippen LogP contribution in [0.3, 0.4) is 0 Å². The third kappa shape index (κ3) is 3.84. The molecule has 1 aromatic rings. The highest BCUT2D eigenvalue weighted by molar-refractivity contribution is 5.87. The molecule has 2 aliphatic carbocycles. The van der Waals surface area contributed by atoms with Crippen molar-refractivity contribution in [1.82, 2.24) is 10.6 Å². The topological polar surface area (TPSA) is 78.4 Å². The predicted molar refractivity (Wildman–Crippen MR) is 87.2 cm³/mol. The summed E-state index contributed by atoms with van der Waals surface area (Å²) in [6.07, 6.45) is 7.51. The van der Waals surface area contributed by atoms with Crippen LogP contribution in [0.2, 0.25) is 0 Å². The number of carboxylic acid groups (broad SMARTS) is 1. The minimum atomic E-state index is -0.939. The van der Waals surface area contributed by atoms with Crippen molar-refractivity contribution in [2.24, 2.45) is 11.8 Å². The summed E-state index contributed by atoms with van der Waals surface area (Å²) in [5.41, 5.74) is 1.15. The summed E-state index contributed by atoms with van der Waals surface area (Å²) in [4.78, 5) is 23.0. The van der Waals surface area contributed by atoms with Crippen LogP contribution in [0.25, 0.3) is 0 Å². The molecule has 5 nitrogen and oxygen atoms in total. The number of carbonyl (C=O) groups is 2. The number of amides is 2. The first kappa shape index (κ1) is 15.8. The lowest BCUT2D eigenvalue weighted by molar-refractivity contribution is 0.0697. The molecule has 3 rings (SSSR count). The average Bonchev–Trinajstić information content (AvgIpc) is 2.42. The van der Waals surface area contributed by atoms with Gasteiger partial charge in [0, 0.05) is 12.6 Å². The molecule has 0 aromatic heterocycles. The highest BCUT2D eigenvalue weighted by Crippen LogP contribution is 2.39. The Labute approximate surface area is 136 Å². The van der Waals surface area contributed by atoms with Gasteiger partial charge in [0.2, 0.25) is 0 Å². The summed E-state index contributed by atoms with van der Waals surface area (Å²) < 4.78 is 0.